The monoisotopic (exact) mass is 383 g/mol. The van der Waals surface area contributed by atoms with E-state index in [4.69, 9.17) is 14.0 Å². The third kappa shape index (κ3) is 4.06. The summed E-state index contributed by atoms with van der Waals surface area (Å²) in [5.74, 6) is 2.31. The first-order chi connectivity index (χ1) is 14.3. The highest BCUT2D eigenvalue weighted by Crippen LogP contribution is 2.35. The number of rotatable bonds is 6. The van der Waals surface area contributed by atoms with E-state index in [2.05, 4.69) is 23.4 Å². The third-order valence-corrected chi connectivity index (χ3v) is 4.69. The minimum atomic E-state index is 0.714. The number of aromatic nitrogens is 1. The molecule has 0 unspecified atom stereocenters. The highest BCUT2D eigenvalue weighted by Gasteiger charge is 2.17. The second kappa shape index (κ2) is 8.48. The molecular weight excluding hydrogens is 362 g/mol. The predicted octanol–water partition coefficient (Wildman–Crippen LogP) is 6.20. The fourth-order valence-corrected chi connectivity index (χ4v) is 3.10. The van der Waals surface area contributed by atoms with Gasteiger partial charge in [-0.3, -0.25) is 0 Å². The number of hydrogen-bond acceptors (Lipinski definition) is 4. The Morgan fingerprint density at radius 2 is 1.28 bits per heavy atom. The Morgan fingerprint density at radius 1 is 0.690 bits per heavy atom. The molecule has 4 nitrogen and oxygen atoms in total. The van der Waals surface area contributed by atoms with Crippen molar-refractivity contribution < 1.29 is 14.0 Å². The number of benzene rings is 3. The predicted molar refractivity (Wildman–Crippen MR) is 116 cm³/mol. The summed E-state index contributed by atoms with van der Waals surface area (Å²) in [5.41, 5.74) is 4.71. The number of methoxy groups -OCH3 is 2. The van der Waals surface area contributed by atoms with Crippen LogP contribution in [0.1, 0.15) is 11.1 Å². The Hall–Kier alpha value is -3.79. The van der Waals surface area contributed by atoms with Gasteiger partial charge in [-0.05, 0) is 60.2 Å². The minimum Gasteiger partial charge on any atom is -0.497 e. The van der Waals surface area contributed by atoms with Crippen molar-refractivity contribution in [2.24, 2.45) is 0 Å². The smallest absolute Gasteiger partial charge is 0.174 e. The maximum Gasteiger partial charge on any atom is 0.174 e. The zero-order valence-electron chi connectivity index (χ0n) is 16.3. The summed E-state index contributed by atoms with van der Waals surface area (Å²) in [6, 6.07) is 25.7. The van der Waals surface area contributed by atoms with E-state index in [0.717, 1.165) is 39.4 Å². The van der Waals surface area contributed by atoms with Crippen LogP contribution in [0, 0.1) is 0 Å². The van der Waals surface area contributed by atoms with Crippen molar-refractivity contribution in [1.29, 1.82) is 0 Å². The van der Waals surface area contributed by atoms with Crippen molar-refractivity contribution in [2.45, 2.75) is 0 Å². The Labute approximate surface area is 170 Å². The molecule has 0 spiro atoms. The van der Waals surface area contributed by atoms with Crippen molar-refractivity contribution in [1.82, 2.24) is 5.16 Å². The van der Waals surface area contributed by atoms with Crippen molar-refractivity contribution >= 4 is 12.2 Å². The molecule has 1 heterocycles. The molecular formula is C25H21NO3. The van der Waals surface area contributed by atoms with E-state index in [1.54, 1.807) is 14.2 Å². The van der Waals surface area contributed by atoms with Crippen LogP contribution in [0.5, 0.6) is 11.5 Å². The summed E-state index contributed by atoms with van der Waals surface area (Å²) in [7, 11) is 3.31. The Kier molecular flexibility index (Phi) is 5.43. The van der Waals surface area contributed by atoms with Crippen LogP contribution < -0.4 is 9.47 Å². The summed E-state index contributed by atoms with van der Waals surface area (Å²) >= 11 is 0. The van der Waals surface area contributed by atoms with Gasteiger partial charge in [0.2, 0.25) is 0 Å². The van der Waals surface area contributed by atoms with Gasteiger partial charge in [-0.25, -0.2) is 0 Å². The van der Waals surface area contributed by atoms with Crippen LogP contribution >= 0.6 is 0 Å². The summed E-state index contributed by atoms with van der Waals surface area (Å²) in [6.07, 6.45) is 4.11. The lowest BCUT2D eigenvalue weighted by molar-refractivity contribution is 0.414. The second-order valence-electron chi connectivity index (χ2n) is 6.48. The first kappa shape index (κ1) is 18.6. The maximum atomic E-state index is 5.78. The molecule has 0 radical (unpaired) electrons. The molecule has 0 aliphatic carbocycles. The number of nitrogens with zero attached hydrogens (tertiary/aromatic N) is 1. The Balaban J connectivity index is 1.80. The van der Waals surface area contributed by atoms with Crippen molar-refractivity contribution in [2.75, 3.05) is 14.2 Å². The van der Waals surface area contributed by atoms with Gasteiger partial charge in [-0.2, -0.15) is 0 Å². The van der Waals surface area contributed by atoms with Gasteiger partial charge >= 0.3 is 0 Å². The zero-order chi connectivity index (χ0) is 20.1. The van der Waals surface area contributed by atoms with Crippen molar-refractivity contribution in [3.05, 3.63) is 90.0 Å². The lowest BCUT2D eigenvalue weighted by Crippen LogP contribution is -1.86. The quantitative estimate of drug-likeness (QED) is 0.398. The molecule has 0 bridgehead atoms. The SMILES string of the molecule is COc1ccc(-c2noc(-c3ccc(OC)cc3)c2/C=C\c2ccccc2)cc1. The summed E-state index contributed by atoms with van der Waals surface area (Å²) in [5, 5.41) is 4.37. The highest BCUT2D eigenvalue weighted by molar-refractivity contribution is 5.86. The third-order valence-electron chi connectivity index (χ3n) is 4.69. The summed E-state index contributed by atoms with van der Waals surface area (Å²) in [6.45, 7) is 0. The topological polar surface area (TPSA) is 44.5 Å². The van der Waals surface area contributed by atoms with Gasteiger partial charge in [0, 0.05) is 11.1 Å². The van der Waals surface area contributed by atoms with Gasteiger partial charge in [0.15, 0.2) is 5.76 Å². The average molecular weight is 383 g/mol. The Morgan fingerprint density at radius 3 is 1.86 bits per heavy atom. The standard InChI is InChI=1S/C25H21NO3/c1-27-21-13-9-19(10-14-21)24-23(17-8-18-6-4-3-5-7-18)25(29-26-24)20-11-15-22(28-2)16-12-20/h3-17H,1-2H3/b17-8-. The van der Waals surface area contributed by atoms with Crippen LogP contribution in [-0.4, -0.2) is 19.4 Å². The van der Waals surface area contributed by atoms with E-state index in [1.807, 2.05) is 72.8 Å². The van der Waals surface area contributed by atoms with E-state index in [-0.39, 0.29) is 0 Å². The number of hydrogen-bond donors (Lipinski definition) is 0. The van der Waals surface area contributed by atoms with E-state index >= 15 is 0 Å². The molecule has 0 aliphatic heterocycles. The molecule has 0 saturated carbocycles. The normalized spacial score (nSPS) is 11.0. The lowest BCUT2D eigenvalue weighted by atomic mass is 10.0. The van der Waals surface area contributed by atoms with E-state index in [0.29, 0.717) is 5.76 Å². The highest BCUT2D eigenvalue weighted by atomic mass is 16.5. The van der Waals surface area contributed by atoms with Crippen LogP contribution in [0.2, 0.25) is 0 Å². The first-order valence-electron chi connectivity index (χ1n) is 9.30. The molecule has 0 aliphatic rings. The maximum absolute atomic E-state index is 5.78. The average Bonchev–Trinajstić information content (AvgIpc) is 3.22. The Bertz CT molecular complexity index is 1030. The van der Waals surface area contributed by atoms with Crippen molar-refractivity contribution in [3.8, 4) is 34.1 Å². The van der Waals surface area contributed by atoms with Crippen LogP contribution in [-0.2, 0) is 0 Å². The molecule has 4 rings (SSSR count). The lowest BCUT2D eigenvalue weighted by Gasteiger charge is -2.04. The summed E-state index contributed by atoms with van der Waals surface area (Å²) in [4.78, 5) is 0. The molecule has 0 atom stereocenters. The van der Waals surface area contributed by atoms with Gasteiger partial charge in [0.25, 0.3) is 0 Å². The molecule has 0 N–H and O–H groups in total. The van der Waals surface area contributed by atoms with Gasteiger partial charge in [-0.1, -0.05) is 41.6 Å². The molecule has 144 valence electrons. The molecule has 0 saturated heterocycles. The molecule has 29 heavy (non-hydrogen) atoms. The zero-order valence-corrected chi connectivity index (χ0v) is 16.3. The van der Waals surface area contributed by atoms with E-state index < -0.39 is 0 Å². The van der Waals surface area contributed by atoms with E-state index in [1.165, 1.54) is 0 Å². The van der Waals surface area contributed by atoms with Crippen LogP contribution in [0.15, 0.2) is 83.4 Å². The van der Waals surface area contributed by atoms with Crippen LogP contribution in [0.25, 0.3) is 34.7 Å². The van der Waals surface area contributed by atoms with Gasteiger partial charge in [0.05, 0.1) is 19.8 Å². The largest absolute Gasteiger partial charge is 0.497 e. The number of ether oxygens (including phenoxy) is 2. The summed E-state index contributed by atoms with van der Waals surface area (Å²) < 4.78 is 16.3. The van der Waals surface area contributed by atoms with Gasteiger partial charge in [0.1, 0.15) is 17.2 Å². The molecule has 3 aromatic carbocycles. The minimum absolute atomic E-state index is 0.714. The van der Waals surface area contributed by atoms with Crippen LogP contribution in [0.4, 0.5) is 0 Å². The molecule has 0 amide bonds. The molecule has 0 fully saturated rings. The fourth-order valence-electron chi connectivity index (χ4n) is 3.10. The first-order valence-corrected chi connectivity index (χ1v) is 9.30. The van der Waals surface area contributed by atoms with Crippen molar-refractivity contribution in [3.63, 3.8) is 0 Å². The van der Waals surface area contributed by atoms with Gasteiger partial charge < -0.3 is 14.0 Å². The fraction of sp³-hybridized carbons (Fsp3) is 0.0800. The molecule has 4 heteroatoms. The van der Waals surface area contributed by atoms with Crippen LogP contribution in [0.3, 0.4) is 0 Å². The molecule has 1 aromatic heterocycles. The molecule has 4 aromatic rings. The second-order valence-corrected chi connectivity index (χ2v) is 6.48. The van der Waals surface area contributed by atoms with E-state index in [9.17, 15) is 0 Å². The van der Waals surface area contributed by atoms with Gasteiger partial charge in [-0.15, -0.1) is 0 Å².